The Labute approximate surface area is 108 Å². The van der Waals surface area contributed by atoms with Crippen molar-refractivity contribution in [2.24, 2.45) is 5.92 Å². The first-order valence-electron chi connectivity index (χ1n) is 6.44. The van der Waals surface area contributed by atoms with Crippen LogP contribution in [0.3, 0.4) is 0 Å². The summed E-state index contributed by atoms with van der Waals surface area (Å²) in [5, 5.41) is 11.8. The molecule has 0 radical (unpaired) electrons. The lowest BCUT2D eigenvalue weighted by Crippen LogP contribution is -2.35. The van der Waals surface area contributed by atoms with Gasteiger partial charge in [-0.3, -0.25) is 4.79 Å². The predicted molar refractivity (Wildman–Crippen MR) is 69.8 cm³/mol. The van der Waals surface area contributed by atoms with Crippen molar-refractivity contribution in [3.05, 3.63) is 35.4 Å². The molecule has 0 saturated heterocycles. The number of hydrogen-bond donors (Lipinski definition) is 1. The smallest absolute Gasteiger partial charge is 0.221 e. The highest BCUT2D eigenvalue weighted by Crippen LogP contribution is 2.32. The first-order valence-corrected chi connectivity index (χ1v) is 6.44. The summed E-state index contributed by atoms with van der Waals surface area (Å²) in [5.74, 6) is 0.370. The maximum absolute atomic E-state index is 11.8. The molecule has 2 rings (SSSR count). The van der Waals surface area contributed by atoms with Gasteiger partial charge in [-0.15, -0.1) is 0 Å². The minimum absolute atomic E-state index is 0.0169. The monoisotopic (exact) mass is 242 g/mol. The van der Waals surface area contributed by atoms with Crippen molar-refractivity contribution >= 4 is 5.91 Å². The minimum Gasteiger partial charge on any atom is -0.340 e. The zero-order valence-electron chi connectivity index (χ0n) is 10.6. The molecule has 3 nitrogen and oxygen atoms in total. The van der Waals surface area contributed by atoms with Crippen molar-refractivity contribution < 1.29 is 4.79 Å². The van der Waals surface area contributed by atoms with E-state index in [1.165, 1.54) is 11.1 Å². The lowest BCUT2D eigenvalue weighted by Gasteiger charge is -2.10. The van der Waals surface area contributed by atoms with E-state index >= 15 is 0 Å². The van der Waals surface area contributed by atoms with Crippen LogP contribution in [-0.2, 0) is 11.2 Å². The van der Waals surface area contributed by atoms with Crippen LogP contribution in [0.15, 0.2) is 24.3 Å². The van der Waals surface area contributed by atoms with Crippen LogP contribution in [0.5, 0.6) is 0 Å². The average Bonchev–Trinajstić information content (AvgIpc) is 3.19. The number of hydrogen-bond acceptors (Lipinski definition) is 2. The van der Waals surface area contributed by atoms with Crippen molar-refractivity contribution in [1.29, 1.82) is 5.26 Å². The molecular formula is C15H18N2O. The molecule has 1 amide bonds. The predicted octanol–water partition coefficient (Wildman–Crippen LogP) is 2.35. The Balaban J connectivity index is 1.81. The number of rotatable bonds is 5. The Hall–Kier alpha value is -1.82. The van der Waals surface area contributed by atoms with E-state index in [0.717, 1.165) is 19.3 Å². The van der Waals surface area contributed by atoms with Crippen molar-refractivity contribution in [3.63, 3.8) is 0 Å². The van der Waals surface area contributed by atoms with Crippen molar-refractivity contribution in [2.45, 2.75) is 38.6 Å². The van der Waals surface area contributed by atoms with Crippen LogP contribution in [0.2, 0.25) is 0 Å². The highest BCUT2D eigenvalue weighted by atomic mass is 16.1. The van der Waals surface area contributed by atoms with Gasteiger partial charge in [-0.25, -0.2) is 0 Å². The third kappa shape index (κ3) is 3.33. The van der Waals surface area contributed by atoms with Crippen LogP contribution < -0.4 is 5.32 Å². The number of nitriles is 1. The van der Waals surface area contributed by atoms with E-state index in [1.807, 2.05) is 18.2 Å². The third-order valence-electron chi connectivity index (χ3n) is 3.43. The van der Waals surface area contributed by atoms with Crippen LogP contribution in [-0.4, -0.2) is 11.9 Å². The van der Waals surface area contributed by atoms with Gasteiger partial charge in [0.05, 0.1) is 6.07 Å². The molecule has 3 heteroatoms. The van der Waals surface area contributed by atoms with Gasteiger partial charge in [0.15, 0.2) is 0 Å². The third-order valence-corrected chi connectivity index (χ3v) is 3.43. The molecule has 0 spiro atoms. The van der Waals surface area contributed by atoms with Gasteiger partial charge in [0, 0.05) is 6.42 Å². The maximum atomic E-state index is 11.8. The van der Waals surface area contributed by atoms with E-state index in [4.69, 9.17) is 5.26 Å². The molecule has 0 heterocycles. The highest BCUT2D eigenvalue weighted by Gasteiger charge is 2.32. The summed E-state index contributed by atoms with van der Waals surface area (Å²) in [5.41, 5.74) is 2.41. The summed E-state index contributed by atoms with van der Waals surface area (Å²) in [6, 6.07) is 9.97. The van der Waals surface area contributed by atoms with Gasteiger partial charge in [0.25, 0.3) is 0 Å². The van der Waals surface area contributed by atoms with Crippen LogP contribution in [0.25, 0.3) is 0 Å². The molecule has 1 aromatic rings. The molecule has 1 unspecified atom stereocenters. The first-order chi connectivity index (χ1) is 8.70. The summed E-state index contributed by atoms with van der Waals surface area (Å²) >= 11 is 0. The normalized spacial score (nSPS) is 15.8. The summed E-state index contributed by atoms with van der Waals surface area (Å²) < 4.78 is 0. The summed E-state index contributed by atoms with van der Waals surface area (Å²) in [7, 11) is 0. The summed E-state index contributed by atoms with van der Waals surface area (Å²) in [4.78, 5) is 11.8. The molecule has 18 heavy (non-hydrogen) atoms. The molecule has 1 fully saturated rings. The number of amides is 1. The molecule has 1 atom stereocenters. The Morgan fingerprint density at radius 2 is 2.22 bits per heavy atom. The fourth-order valence-electron chi connectivity index (χ4n) is 2.07. The van der Waals surface area contributed by atoms with Gasteiger partial charge >= 0.3 is 0 Å². The number of nitrogens with one attached hydrogen (secondary N) is 1. The Kier molecular flexibility index (Phi) is 3.99. The molecule has 1 saturated carbocycles. The Bertz CT molecular complexity index is 472. The van der Waals surface area contributed by atoms with Crippen molar-refractivity contribution in [3.8, 4) is 6.07 Å². The van der Waals surface area contributed by atoms with E-state index < -0.39 is 0 Å². The van der Waals surface area contributed by atoms with Gasteiger partial charge in [-0.2, -0.15) is 5.26 Å². The van der Waals surface area contributed by atoms with Crippen LogP contribution in [0, 0.1) is 24.2 Å². The van der Waals surface area contributed by atoms with Gasteiger partial charge in [-0.1, -0.05) is 24.3 Å². The topological polar surface area (TPSA) is 52.9 Å². The second-order valence-corrected chi connectivity index (χ2v) is 4.94. The van der Waals surface area contributed by atoms with E-state index in [2.05, 4.69) is 24.4 Å². The van der Waals surface area contributed by atoms with E-state index in [-0.39, 0.29) is 11.9 Å². The number of benzene rings is 1. The zero-order chi connectivity index (χ0) is 13.0. The maximum Gasteiger partial charge on any atom is 0.221 e. The molecule has 1 aromatic carbocycles. The van der Waals surface area contributed by atoms with Gasteiger partial charge < -0.3 is 5.32 Å². The lowest BCUT2D eigenvalue weighted by atomic mass is 10.0. The number of nitrogens with zero attached hydrogens (tertiary/aromatic N) is 1. The largest absolute Gasteiger partial charge is 0.340 e. The van der Waals surface area contributed by atoms with Gasteiger partial charge in [0.2, 0.25) is 5.91 Å². The summed E-state index contributed by atoms with van der Waals surface area (Å²) in [6.07, 6.45) is 3.32. The molecule has 0 aliphatic heterocycles. The second kappa shape index (κ2) is 5.68. The van der Waals surface area contributed by atoms with Crippen molar-refractivity contribution in [1.82, 2.24) is 5.32 Å². The second-order valence-electron chi connectivity index (χ2n) is 4.94. The summed E-state index contributed by atoms with van der Waals surface area (Å²) in [6.45, 7) is 2.05. The molecule has 1 aliphatic rings. The van der Waals surface area contributed by atoms with Gasteiger partial charge in [-0.05, 0) is 43.2 Å². The minimum atomic E-state index is -0.283. The molecular weight excluding hydrogens is 224 g/mol. The van der Waals surface area contributed by atoms with E-state index in [1.54, 1.807) is 0 Å². The van der Waals surface area contributed by atoms with Crippen molar-refractivity contribution in [2.75, 3.05) is 0 Å². The fraction of sp³-hybridized carbons (Fsp3) is 0.467. The molecule has 0 bridgehead atoms. The molecule has 0 aromatic heterocycles. The molecule has 1 N–H and O–H groups in total. The standard InChI is InChI=1S/C15H18N2O/c1-11-4-2-3-5-12(11)8-9-15(18)17-14(10-16)13-6-7-13/h2-5,13-14H,6-9H2,1H3,(H,17,18). The van der Waals surface area contributed by atoms with E-state index in [0.29, 0.717) is 12.3 Å². The Morgan fingerprint density at radius 1 is 1.50 bits per heavy atom. The molecule has 1 aliphatic carbocycles. The average molecular weight is 242 g/mol. The van der Waals surface area contributed by atoms with Crippen LogP contribution in [0.4, 0.5) is 0 Å². The fourth-order valence-corrected chi connectivity index (χ4v) is 2.07. The van der Waals surface area contributed by atoms with E-state index in [9.17, 15) is 4.79 Å². The Morgan fingerprint density at radius 3 is 2.83 bits per heavy atom. The molecule has 94 valence electrons. The number of carbonyl (C=O) groups excluding carboxylic acids is 1. The van der Waals surface area contributed by atoms with Crippen LogP contribution in [0.1, 0.15) is 30.4 Å². The zero-order valence-corrected chi connectivity index (χ0v) is 10.6. The SMILES string of the molecule is Cc1ccccc1CCC(=O)NC(C#N)C1CC1. The lowest BCUT2D eigenvalue weighted by molar-refractivity contribution is -0.121. The van der Waals surface area contributed by atoms with Gasteiger partial charge in [0.1, 0.15) is 6.04 Å². The quantitative estimate of drug-likeness (QED) is 0.861. The van der Waals surface area contributed by atoms with Crippen LogP contribution >= 0.6 is 0 Å². The number of carbonyl (C=O) groups is 1. The highest BCUT2D eigenvalue weighted by molar-refractivity contribution is 5.77. The number of aryl methyl sites for hydroxylation is 2. The first kappa shape index (κ1) is 12.6.